The molecule has 1 aromatic carbocycles. The summed E-state index contributed by atoms with van der Waals surface area (Å²) in [5.74, 6) is 1.01. The lowest BCUT2D eigenvalue weighted by atomic mass is 10.1. The van der Waals surface area contributed by atoms with Crippen molar-refractivity contribution >= 4 is 23.4 Å². The fraction of sp³-hybridized carbons (Fsp3) is 0.300. The average molecular weight is 382 g/mol. The lowest BCUT2D eigenvalue weighted by molar-refractivity contribution is -0.113. The summed E-state index contributed by atoms with van der Waals surface area (Å²) in [6.07, 6.45) is 3.47. The number of thioether (sulfide) groups is 1. The molecule has 1 amide bonds. The van der Waals surface area contributed by atoms with Crippen molar-refractivity contribution in [2.24, 2.45) is 0 Å². The van der Waals surface area contributed by atoms with Crippen LogP contribution in [0.5, 0.6) is 0 Å². The molecule has 27 heavy (non-hydrogen) atoms. The van der Waals surface area contributed by atoms with E-state index in [1.807, 2.05) is 37.5 Å². The Balaban J connectivity index is 1.70. The van der Waals surface area contributed by atoms with Gasteiger partial charge in [-0.1, -0.05) is 29.5 Å². The van der Waals surface area contributed by atoms with Crippen molar-refractivity contribution in [2.45, 2.75) is 39.4 Å². The van der Waals surface area contributed by atoms with Crippen molar-refractivity contribution < 1.29 is 4.79 Å². The van der Waals surface area contributed by atoms with E-state index < -0.39 is 0 Å². The molecule has 0 aliphatic rings. The molecule has 0 atom stereocenters. The maximum absolute atomic E-state index is 12.5. The molecule has 0 spiro atoms. The second-order valence-electron chi connectivity index (χ2n) is 6.40. The minimum Gasteiger partial charge on any atom is -0.325 e. The fourth-order valence-corrected chi connectivity index (χ4v) is 3.88. The van der Waals surface area contributed by atoms with Gasteiger partial charge in [-0.25, -0.2) is 0 Å². The average Bonchev–Trinajstić information content (AvgIpc) is 3.06. The molecule has 2 aromatic heterocycles. The van der Waals surface area contributed by atoms with Crippen molar-refractivity contribution in [3.8, 4) is 11.4 Å². The first-order valence-electron chi connectivity index (χ1n) is 8.83. The molecule has 0 aliphatic carbocycles. The normalized spacial score (nSPS) is 10.8. The van der Waals surface area contributed by atoms with Gasteiger partial charge in [0.05, 0.1) is 5.75 Å². The second-order valence-corrected chi connectivity index (χ2v) is 7.34. The summed E-state index contributed by atoms with van der Waals surface area (Å²) in [4.78, 5) is 16.5. The monoisotopic (exact) mass is 381 g/mol. The summed E-state index contributed by atoms with van der Waals surface area (Å²) in [7, 11) is 0. The van der Waals surface area contributed by atoms with Gasteiger partial charge >= 0.3 is 0 Å². The molecule has 7 heteroatoms. The molecule has 1 N–H and O–H groups in total. The first kappa shape index (κ1) is 19.1. The number of amides is 1. The molecule has 0 radical (unpaired) electrons. The summed E-state index contributed by atoms with van der Waals surface area (Å²) >= 11 is 1.39. The van der Waals surface area contributed by atoms with E-state index in [1.54, 1.807) is 12.4 Å². The minimum atomic E-state index is -0.0498. The number of aromatic nitrogens is 4. The van der Waals surface area contributed by atoms with Crippen LogP contribution in [-0.4, -0.2) is 31.4 Å². The van der Waals surface area contributed by atoms with Crippen LogP contribution in [0, 0.1) is 20.8 Å². The van der Waals surface area contributed by atoms with E-state index in [2.05, 4.69) is 39.6 Å². The lowest BCUT2D eigenvalue weighted by Crippen LogP contribution is -2.16. The van der Waals surface area contributed by atoms with Crippen LogP contribution in [0.1, 0.15) is 23.6 Å². The summed E-state index contributed by atoms with van der Waals surface area (Å²) in [6.45, 7) is 8.84. The maximum Gasteiger partial charge on any atom is 0.234 e. The Hall–Kier alpha value is -2.67. The molecule has 140 valence electrons. The van der Waals surface area contributed by atoms with Crippen molar-refractivity contribution in [3.63, 3.8) is 0 Å². The number of rotatable bonds is 6. The Bertz CT molecular complexity index is 929. The molecule has 0 saturated heterocycles. The zero-order valence-electron chi connectivity index (χ0n) is 16.0. The molecule has 3 rings (SSSR count). The van der Waals surface area contributed by atoms with Crippen LogP contribution in [0.2, 0.25) is 0 Å². The van der Waals surface area contributed by atoms with Gasteiger partial charge in [-0.15, -0.1) is 10.2 Å². The Morgan fingerprint density at radius 1 is 1.11 bits per heavy atom. The van der Waals surface area contributed by atoms with Crippen LogP contribution in [0.4, 0.5) is 5.69 Å². The summed E-state index contributed by atoms with van der Waals surface area (Å²) < 4.78 is 2.01. The topological polar surface area (TPSA) is 72.7 Å². The number of aryl methyl sites for hydroxylation is 3. The summed E-state index contributed by atoms with van der Waals surface area (Å²) in [5.41, 5.74) is 5.18. The molecule has 0 unspecified atom stereocenters. The van der Waals surface area contributed by atoms with Crippen LogP contribution in [0.3, 0.4) is 0 Å². The zero-order valence-corrected chi connectivity index (χ0v) is 16.8. The van der Waals surface area contributed by atoms with Gasteiger partial charge in [0.2, 0.25) is 5.91 Å². The lowest BCUT2D eigenvalue weighted by Gasteiger charge is -2.13. The number of nitrogens with zero attached hydrogens (tertiary/aromatic N) is 4. The van der Waals surface area contributed by atoms with Gasteiger partial charge in [0.1, 0.15) is 0 Å². The molecular weight excluding hydrogens is 358 g/mol. The van der Waals surface area contributed by atoms with E-state index in [1.165, 1.54) is 17.3 Å². The van der Waals surface area contributed by atoms with Crippen molar-refractivity contribution in [1.29, 1.82) is 0 Å². The van der Waals surface area contributed by atoms with Crippen LogP contribution in [-0.2, 0) is 11.3 Å². The van der Waals surface area contributed by atoms with Crippen LogP contribution >= 0.6 is 11.8 Å². The predicted octanol–water partition coefficient (Wildman–Crippen LogP) is 4.02. The minimum absolute atomic E-state index is 0.0498. The smallest absolute Gasteiger partial charge is 0.234 e. The van der Waals surface area contributed by atoms with E-state index in [4.69, 9.17) is 0 Å². The van der Waals surface area contributed by atoms with Crippen LogP contribution in [0.25, 0.3) is 11.4 Å². The summed E-state index contributed by atoms with van der Waals surface area (Å²) in [5, 5.41) is 12.3. The van der Waals surface area contributed by atoms with E-state index >= 15 is 0 Å². The highest BCUT2D eigenvalue weighted by Crippen LogP contribution is 2.25. The number of carbonyl (C=O) groups excluding carboxylic acids is 1. The largest absolute Gasteiger partial charge is 0.325 e. The highest BCUT2D eigenvalue weighted by atomic mass is 32.2. The quantitative estimate of drug-likeness (QED) is 0.653. The number of pyridine rings is 1. The molecule has 0 fully saturated rings. The second kappa shape index (κ2) is 8.35. The van der Waals surface area contributed by atoms with Gasteiger partial charge < -0.3 is 9.88 Å². The van der Waals surface area contributed by atoms with E-state index in [0.717, 1.165) is 39.9 Å². The van der Waals surface area contributed by atoms with Crippen LogP contribution < -0.4 is 5.32 Å². The Labute approximate surface area is 163 Å². The Morgan fingerprint density at radius 3 is 2.41 bits per heavy atom. The van der Waals surface area contributed by atoms with Gasteiger partial charge in [0, 0.05) is 30.2 Å². The van der Waals surface area contributed by atoms with Crippen molar-refractivity contribution in [1.82, 2.24) is 19.7 Å². The highest BCUT2D eigenvalue weighted by Gasteiger charge is 2.15. The SMILES string of the molecule is CCn1c(SCC(=O)Nc2c(C)cc(C)cc2C)nnc1-c1ccncc1. The zero-order chi connectivity index (χ0) is 19.4. The third-order valence-electron chi connectivity index (χ3n) is 4.25. The number of benzene rings is 1. The molecule has 0 saturated carbocycles. The van der Waals surface area contributed by atoms with Gasteiger partial charge in [-0.3, -0.25) is 9.78 Å². The van der Waals surface area contributed by atoms with Gasteiger partial charge in [0.25, 0.3) is 0 Å². The first-order chi connectivity index (χ1) is 13.0. The van der Waals surface area contributed by atoms with Gasteiger partial charge in [0.15, 0.2) is 11.0 Å². The molecular formula is C20H23N5OS. The van der Waals surface area contributed by atoms with Crippen molar-refractivity contribution in [3.05, 3.63) is 53.3 Å². The van der Waals surface area contributed by atoms with E-state index in [9.17, 15) is 4.79 Å². The maximum atomic E-state index is 12.5. The van der Waals surface area contributed by atoms with Crippen LogP contribution in [0.15, 0.2) is 41.8 Å². The molecule has 6 nitrogen and oxygen atoms in total. The molecule has 0 bridgehead atoms. The molecule has 0 aliphatic heterocycles. The van der Waals surface area contributed by atoms with Gasteiger partial charge in [-0.05, 0) is 51.0 Å². The summed E-state index contributed by atoms with van der Waals surface area (Å²) in [6, 6.07) is 7.95. The number of carbonyl (C=O) groups is 1. The number of hydrogen-bond acceptors (Lipinski definition) is 5. The van der Waals surface area contributed by atoms with E-state index in [-0.39, 0.29) is 11.7 Å². The predicted molar refractivity (Wildman–Crippen MR) is 109 cm³/mol. The Morgan fingerprint density at radius 2 is 1.78 bits per heavy atom. The first-order valence-corrected chi connectivity index (χ1v) is 9.82. The van der Waals surface area contributed by atoms with Crippen molar-refractivity contribution in [2.75, 3.05) is 11.1 Å². The van der Waals surface area contributed by atoms with Gasteiger partial charge in [-0.2, -0.15) is 0 Å². The van der Waals surface area contributed by atoms with E-state index in [0.29, 0.717) is 0 Å². The molecule has 3 aromatic rings. The number of nitrogens with one attached hydrogen (secondary N) is 1. The fourth-order valence-electron chi connectivity index (χ4n) is 3.08. The number of anilines is 1. The third kappa shape index (κ3) is 4.36. The third-order valence-corrected chi connectivity index (χ3v) is 5.21. The highest BCUT2D eigenvalue weighted by molar-refractivity contribution is 7.99. The Kier molecular flexibility index (Phi) is 5.91. The standard InChI is InChI=1S/C20H23N5OS/c1-5-25-19(16-6-8-21-9-7-16)23-24-20(25)27-12-17(26)22-18-14(3)10-13(2)11-15(18)4/h6-11H,5,12H2,1-4H3,(H,22,26). The molecule has 2 heterocycles. The number of hydrogen-bond donors (Lipinski definition) is 1.